The fourth-order valence-corrected chi connectivity index (χ4v) is 3.69. The van der Waals surface area contributed by atoms with E-state index in [4.69, 9.17) is 4.74 Å². The second-order valence-electron chi connectivity index (χ2n) is 5.58. The molecule has 0 unspecified atom stereocenters. The first-order valence-corrected chi connectivity index (χ1v) is 8.58. The van der Waals surface area contributed by atoms with Crippen molar-refractivity contribution in [2.75, 3.05) is 19.7 Å². The van der Waals surface area contributed by atoms with Crippen molar-refractivity contribution in [2.45, 2.75) is 26.4 Å². The van der Waals surface area contributed by atoms with Gasteiger partial charge in [0, 0.05) is 18.7 Å². The number of amides is 1. The topological polar surface area (TPSA) is 62.7 Å². The summed E-state index contributed by atoms with van der Waals surface area (Å²) in [5, 5.41) is 10.4. The molecule has 1 N–H and O–H groups in total. The molecule has 1 aliphatic rings. The molecule has 1 aromatic carbocycles. The van der Waals surface area contributed by atoms with E-state index in [2.05, 4.69) is 4.98 Å². The average Bonchev–Trinajstić information content (AvgIpc) is 3.14. The van der Waals surface area contributed by atoms with Crippen LogP contribution in [-0.4, -0.2) is 46.7 Å². The molecular formula is C17H20N2O3S. The number of aromatic nitrogens is 1. The van der Waals surface area contributed by atoms with Crippen molar-refractivity contribution in [3.8, 4) is 16.3 Å². The van der Waals surface area contributed by atoms with Gasteiger partial charge in [-0.25, -0.2) is 4.98 Å². The second kappa shape index (κ2) is 6.68. The molecule has 3 rings (SSSR count). The van der Waals surface area contributed by atoms with Gasteiger partial charge in [-0.1, -0.05) is 0 Å². The molecule has 1 amide bonds. The third-order valence-corrected chi connectivity index (χ3v) is 5.05. The van der Waals surface area contributed by atoms with Crippen LogP contribution in [0.1, 0.15) is 28.7 Å². The molecule has 5 nitrogen and oxygen atoms in total. The Balaban J connectivity index is 1.81. The maximum absolute atomic E-state index is 12.6. The smallest absolute Gasteiger partial charge is 0.265 e. The number of likely N-dealkylation sites (tertiary alicyclic amines) is 1. The first-order chi connectivity index (χ1) is 11.1. The fourth-order valence-electron chi connectivity index (χ4n) is 2.65. The van der Waals surface area contributed by atoms with Crippen LogP contribution < -0.4 is 4.74 Å². The van der Waals surface area contributed by atoms with Gasteiger partial charge in [-0.2, -0.15) is 0 Å². The predicted octanol–water partition coefficient (Wildman–Crippen LogP) is 2.72. The van der Waals surface area contributed by atoms with E-state index in [1.807, 2.05) is 38.1 Å². The summed E-state index contributed by atoms with van der Waals surface area (Å²) < 4.78 is 5.44. The van der Waals surface area contributed by atoms with Gasteiger partial charge in [-0.3, -0.25) is 4.79 Å². The minimum Gasteiger partial charge on any atom is -0.494 e. The largest absolute Gasteiger partial charge is 0.494 e. The number of benzene rings is 1. The molecule has 23 heavy (non-hydrogen) atoms. The molecule has 0 bridgehead atoms. The Morgan fingerprint density at radius 1 is 1.43 bits per heavy atom. The first-order valence-electron chi connectivity index (χ1n) is 7.76. The zero-order chi connectivity index (χ0) is 16.4. The van der Waals surface area contributed by atoms with Crippen molar-refractivity contribution in [3.63, 3.8) is 0 Å². The first kappa shape index (κ1) is 16.0. The van der Waals surface area contributed by atoms with Gasteiger partial charge in [0.25, 0.3) is 5.91 Å². The molecule has 1 fully saturated rings. The third kappa shape index (κ3) is 3.38. The molecule has 1 saturated heterocycles. The quantitative estimate of drug-likeness (QED) is 0.935. The van der Waals surface area contributed by atoms with E-state index < -0.39 is 6.10 Å². The lowest BCUT2D eigenvalue weighted by molar-refractivity contribution is 0.0769. The molecule has 1 aliphatic heterocycles. The summed E-state index contributed by atoms with van der Waals surface area (Å²) in [5.41, 5.74) is 1.72. The summed E-state index contributed by atoms with van der Waals surface area (Å²) in [6.45, 7) is 5.46. The van der Waals surface area contributed by atoms with Crippen LogP contribution in [0.15, 0.2) is 24.3 Å². The zero-order valence-corrected chi connectivity index (χ0v) is 14.1. The van der Waals surface area contributed by atoms with Crippen LogP contribution in [0.25, 0.3) is 10.6 Å². The monoisotopic (exact) mass is 332 g/mol. The number of aliphatic hydroxyl groups excluding tert-OH is 1. The van der Waals surface area contributed by atoms with Gasteiger partial charge in [0.2, 0.25) is 0 Å². The van der Waals surface area contributed by atoms with Crippen molar-refractivity contribution < 1.29 is 14.6 Å². The summed E-state index contributed by atoms with van der Waals surface area (Å²) in [4.78, 5) is 19.5. The molecular weight excluding hydrogens is 312 g/mol. The number of aryl methyl sites for hydroxylation is 1. The number of carbonyl (C=O) groups is 1. The summed E-state index contributed by atoms with van der Waals surface area (Å²) in [6, 6.07) is 7.73. The van der Waals surface area contributed by atoms with Crippen molar-refractivity contribution in [1.82, 2.24) is 9.88 Å². The van der Waals surface area contributed by atoms with E-state index in [1.165, 1.54) is 11.3 Å². The average molecular weight is 332 g/mol. The molecule has 122 valence electrons. The van der Waals surface area contributed by atoms with E-state index in [0.29, 0.717) is 31.0 Å². The normalized spacial score (nSPS) is 17.5. The van der Waals surface area contributed by atoms with Gasteiger partial charge in [0.05, 0.1) is 18.4 Å². The van der Waals surface area contributed by atoms with Crippen molar-refractivity contribution >= 4 is 17.2 Å². The lowest BCUT2D eigenvalue weighted by Gasteiger charge is -2.14. The number of carbonyl (C=O) groups excluding carboxylic acids is 1. The number of ether oxygens (including phenoxy) is 1. The van der Waals surface area contributed by atoms with Gasteiger partial charge >= 0.3 is 0 Å². The van der Waals surface area contributed by atoms with Gasteiger partial charge in [0.1, 0.15) is 15.6 Å². The summed E-state index contributed by atoms with van der Waals surface area (Å²) >= 11 is 1.40. The van der Waals surface area contributed by atoms with E-state index in [-0.39, 0.29) is 5.91 Å². The molecule has 2 heterocycles. The molecule has 0 spiro atoms. The highest BCUT2D eigenvalue weighted by Crippen LogP contribution is 2.30. The molecule has 1 atom stereocenters. The van der Waals surface area contributed by atoms with Crippen LogP contribution in [0, 0.1) is 6.92 Å². The molecule has 0 radical (unpaired) electrons. The Labute approximate surface area is 139 Å². The summed E-state index contributed by atoms with van der Waals surface area (Å²) in [5.74, 6) is 0.792. The second-order valence-corrected chi connectivity index (χ2v) is 6.58. The SMILES string of the molecule is CCOc1ccc(-c2nc(C)c(C(=O)N3CC[C@@H](O)C3)s2)cc1. The molecule has 6 heteroatoms. The fraction of sp³-hybridized carbons (Fsp3) is 0.412. The van der Waals surface area contributed by atoms with Crippen molar-refractivity contribution in [2.24, 2.45) is 0 Å². The van der Waals surface area contributed by atoms with Crippen LogP contribution in [0.3, 0.4) is 0 Å². The number of hydrogen-bond acceptors (Lipinski definition) is 5. The molecule has 2 aromatic rings. The predicted molar refractivity (Wildman–Crippen MR) is 90.0 cm³/mol. The van der Waals surface area contributed by atoms with Crippen LogP contribution in [0.5, 0.6) is 5.75 Å². The van der Waals surface area contributed by atoms with Crippen LogP contribution in [0.2, 0.25) is 0 Å². The van der Waals surface area contributed by atoms with E-state index in [0.717, 1.165) is 22.0 Å². The number of thiazole rings is 1. The van der Waals surface area contributed by atoms with Crippen LogP contribution >= 0.6 is 11.3 Å². The number of β-amino-alcohol motifs (C(OH)–C–C–N with tert-alkyl or cyclic N) is 1. The Bertz CT molecular complexity index is 696. The highest BCUT2D eigenvalue weighted by molar-refractivity contribution is 7.17. The van der Waals surface area contributed by atoms with Gasteiger partial charge in [-0.05, 0) is 44.5 Å². The maximum atomic E-state index is 12.6. The standard InChI is InChI=1S/C17H20N2O3S/c1-3-22-14-6-4-12(5-7-14)16-18-11(2)15(23-16)17(21)19-9-8-13(20)10-19/h4-7,13,20H,3,8-10H2,1-2H3/t13-/m1/s1. The summed E-state index contributed by atoms with van der Waals surface area (Å²) in [7, 11) is 0. The lowest BCUT2D eigenvalue weighted by Crippen LogP contribution is -2.29. The third-order valence-electron chi connectivity index (χ3n) is 3.85. The van der Waals surface area contributed by atoms with Crippen molar-refractivity contribution in [3.05, 3.63) is 34.8 Å². The zero-order valence-electron chi connectivity index (χ0n) is 13.3. The molecule has 0 aliphatic carbocycles. The van der Waals surface area contributed by atoms with E-state index in [1.54, 1.807) is 4.90 Å². The molecule has 0 saturated carbocycles. The van der Waals surface area contributed by atoms with Crippen LogP contribution in [0.4, 0.5) is 0 Å². The Kier molecular flexibility index (Phi) is 4.63. The Morgan fingerprint density at radius 2 is 2.17 bits per heavy atom. The Morgan fingerprint density at radius 3 is 2.78 bits per heavy atom. The van der Waals surface area contributed by atoms with Crippen molar-refractivity contribution in [1.29, 1.82) is 0 Å². The van der Waals surface area contributed by atoms with Crippen LogP contribution in [-0.2, 0) is 0 Å². The number of nitrogens with zero attached hydrogens (tertiary/aromatic N) is 2. The van der Waals surface area contributed by atoms with E-state index in [9.17, 15) is 9.90 Å². The number of aliphatic hydroxyl groups is 1. The minimum absolute atomic E-state index is 0.0336. The maximum Gasteiger partial charge on any atom is 0.265 e. The summed E-state index contributed by atoms with van der Waals surface area (Å²) in [6.07, 6.45) is 0.243. The van der Waals surface area contributed by atoms with E-state index >= 15 is 0 Å². The van der Waals surface area contributed by atoms with Gasteiger partial charge in [-0.15, -0.1) is 11.3 Å². The van der Waals surface area contributed by atoms with Gasteiger partial charge < -0.3 is 14.7 Å². The highest BCUT2D eigenvalue weighted by atomic mass is 32.1. The number of rotatable bonds is 4. The minimum atomic E-state index is -0.405. The Hall–Kier alpha value is -1.92. The molecule has 1 aromatic heterocycles. The lowest BCUT2D eigenvalue weighted by atomic mass is 10.2. The number of hydrogen-bond donors (Lipinski definition) is 1. The highest BCUT2D eigenvalue weighted by Gasteiger charge is 2.28. The van der Waals surface area contributed by atoms with Gasteiger partial charge in [0.15, 0.2) is 0 Å².